The van der Waals surface area contributed by atoms with Crippen LogP contribution in [0.2, 0.25) is 0 Å². The Bertz CT molecular complexity index is 592. The fourth-order valence-corrected chi connectivity index (χ4v) is 2.65. The Kier molecular flexibility index (Phi) is 4.44. The van der Waals surface area contributed by atoms with Crippen LogP contribution in [-0.2, 0) is 9.59 Å². The number of carbonyl (C=O) groups is 2. The molecule has 2 rings (SSSR count). The van der Waals surface area contributed by atoms with Gasteiger partial charge in [-0.15, -0.1) is 0 Å². The SMILES string of the molecule is CCN(CC)C(=O)CN1C(=O)C(C)(C)Oc2ccc(C)cc21. The van der Waals surface area contributed by atoms with Crippen molar-refractivity contribution in [3.8, 4) is 5.75 Å². The summed E-state index contributed by atoms with van der Waals surface area (Å²) in [6.45, 7) is 10.6. The monoisotopic (exact) mass is 304 g/mol. The molecular formula is C17H24N2O3. The predicted molar refractivity (Wildman–Crippen MR) is 86.2 cm³/mol. The zero-order valence-corrected chi connectivity index (χ0v) is 14.0. The van der Waals surface area contributed by atoms with Crippen LogP contribution >= 0.6 is 0 Å². The number of anilines is 1. The normalized spacial score (nSPS) is 16.0. The fraction of sp³-hybridized carbons (Fsp3) is 0.529. The Balaban J connectivity index is 2.38. The lowest BCUT2D eigenvalue weighted by Crippen LogP contribution is -2.55. The van der Waals surface area contributed by atoms with Crippen LogP contribution in [0, 0.1) is 6.92 Å². The van der Waals surface area contributed by atoms with Gasteiger partial charge in [-0.1, -0.05) is 6.07 Å². The van der Waals surface area contributed by atoms with E-state index in [1.165, 1.54) is 0 Å². The van der Waals surface area contributed by atoms with Crippen LogP contribution in [0.3, 0.4) is 0 Å². The molecule has 1 aromatic rings. The number of hydrogen-bond donors (Lipinski definition) is 0. The van der Waals surface area contributed by atoms with Crippen LogP contribution < -0.4 is 9.64 Å². The van der Waals surface area contributed by atoms with E-state index in [2.05, 4.69) is 0 Å². The summed E-state index contributed by atoms with van der Waals surface area (Å²) >= 11 is 0. The average Bonchev–Trinajstić information content (AvgIpc) is 2.46. The number of benzene rings is 1. The van der Waals surface area contributed by atoms with Gasteiger partial charge in [-0.05, 0) is 52.3 Å². The lowest BCUT2D eigenvalue weighted by molar-refractivity contribution is -0.136. The third kappa shape index (κ3) is 2.93. The molecule has 0 fully saturated rings. The third-order valence-electron chi connectivity index (χ3n) is 3.94. The molecule has 1 heterocycles. The van der Waals surface area contributed by atoms with Crippen molar-refractivity contribution in [2.75, 3.05) is 24.5 Å². The van der Waals surface area contributed by atoms with Gasteiger partial charge in [-0.2, -0.15) is 0 Å². The third-order valence-corrected chi connectivity index (χ3v) is 3.94. The largest absolute Gasteiger partial charge is 0.476 e. The minimum Gasteiger partial charge on any atom is -0.476 e. The topological polar surface area (TPSA) is 49.9 Å². The smallest absolute Gasteiger partial charge is 0.271 e. The summed E-state index contributed by atoms with van der Waals surface area (Å²) in [4.78, 5) is 28.4. The van der Waals surface area contributed by atoms with E-state index < -0.39 is 5.60 Å². The highest BCUT2D eigenvalue weighted by Gasteiger charge is 2.41. The Morgan fingerprint density at radius 3 is 2.50 bits per heavy atom. The van der Waals surface area contributed by atoms with E-state index in [0.717, 1.165) is 5.56 Å². The molecule has 2 amide bonds. The molecule has 0 spiro atoms. The molecule has 120 valence electrons. The molecule has 1 aliphatic rings. The first-order valence-corrected chi connectivity index (χ1v) is 7.69. The van der Waals surface area contributed by atoms with Crippen molar-refractivity contribution in [1.29, 1.82) is 0 Å². The van der Waals surface area contributed by atoms with Crippen molar-refractivity contribution < 1.29 is 14.3 Å². The van der Waals surface area contributed by atoms with E-state index in [4.69, 9.17) is 4.74 Å². The van der Waals surface area contributed by atoms with Gasteiger partial charge in [0.2, 0.25) is 5.91 Å². The van der Waals surface area contributed by atoms with Gasteiger partial charge in [0.05, 0.1) is 5.69 Å². The standard InChI is InChI=1S/C17H24N2O3/c1-6-18(7-2)15(20)11-19-13-10-12(3)8-9-14(13)22-17(4,5)16(19)21/h8-10H,6-7,11H2,1-5H3. The molecule has 5 nitrogen and oxygen atoms in total. The number of fused-ring (bicyclic) bond motifs is 1. The molecule has 0 radical (unpaired) electrons. The maximum Gasteiger partial charge on any atom is 0.271 e. The number of rotatable bonds is 4. The first-order valence-electron chi connectivity index (χ1n) is 7.69. The number of nitrogens with zero attached hydrogens (tertiary/aromatic N) is 2. The Labute approximate surface area is 131 Å². The molecule has 0 bridgehead atoms. The molecule has 0 aliphatic carbocycles. The van der Waals surface area contributed by atoms with E-state index in [1.54, 1.807) is 23.6 Å². The van der Waals surface area contributed by atoms with Crippen LogP contribution in [0.1, 0.15) is 33.3 Å². The van der Waals surface area contributed by atoms with E-state index >= 15 is 0 Å². The molecule has 0 saturated heterocycles. The minimum absolute atomic E-state index is 0.0454. The summed E-state index contributed by atoms with van der Waals surface area (Å²) in [5.41, 5.74) is 0.728. The van der Waals surface area contributed by atoms with E-state index in [9.17, 15) is 9.59 Å². The van der Waals surface area contributed by atoms with Crippen molar-refractivity contribution in [2.45, 2.75) is 40.2 Å². The lowest BCUT2D eigenvalue weighted by Gasteiger charge is -2.39. The summed E-state index contributed by atoms with van der Waals surface area (Å²) < 4.78 is 5.80. The summed E-state index contributed by atoms with van der Waals surface area (Å²) in [7, 11) is 0. The summed E-state index contributed by atoms with van der Waals surface area (Å²) in [5, 5.41) is 0. The van der Waals surface area contributed by atoms with Crippen molar-refractivity contribution >= 4 is 17.5 Å². The Hall–Kier alpha value is -2.04. The first kappa shape index (κ1) is 16.3. The van der Waals surface area contributed by atoms with Gasteiger partial charge in [-0.25, -0.2) is 0 Å². The summed E-state index contributed by atoms with van der Waals surface area (Å²) in [5.74, 6) is 0.400. The number of amides is 2. The predicted octanol–water partition coefficient (Wildman–Crippen LogP) is 2.37. The zero-order valence-electron chi connectivity index (χ0n) is 14.0. The van der Waals surface area contributed by atoms with Crippen LogP contribution in [-0.4, -0.2) is 41.9 Å². The van der Waals surface area contributed by atoms with Crippen molar-refractivity contribution in [1.82, 2.24) is 4.90 Å². The highest BCUT2D eigenvalue weighted by atomic mass is 16.5. The highest BCUT2D eigenvalue weighted by Crippen LogP contribution is 2.38. The molecule has 0 atom stereocenters. The first-order chi connectivity index (χ1) is 10.3. The number of aryl methyl sites for hydroxylation is 1. The van der Waals surface area contributed by atoms with Crippen molar-refractivity contribution in [3.05, 3.63) is 23.8 Å². The molecule has 0 aromatic heterocycles. The molecule has 1 aliphatic heterocycles. The van der Waals surface area contributed by atoms with Gasteiger partial charge in [-0.3, -0.25) is 14.5 Å². The number of likely N-dealkylation sites (N-methyl/N-ethyl adjacent to an activating group) is 1. The summed E-state index contributed by atoms with van der Waals surface area (Å²) in [6.07, 6.45) is 0. The van der Waals surface area contributed by atoms with Crippen LogP contribution in [0.4, 0.5) is 5.69 Å². The summed E-state index contributed by atoms with van der Waals surface area (Å²) in [6, 6.07) is 5.68. The van der Waals surface area contributed by atoms with Crippen molar-refractivity contribution in [2.24, 2.45) is 0 Å². The van der Waals surface area contributed by atoms with E-state index in [-0.39, 0.29) is 18.4 Å². The number of ether oxygens (including phenoxy) is 1. The maximum atomic E-state index is 12.7. The number of hydrogen-bond acceptors (Lipinski definition) is 3. The fourth-order valence-electron chi connectivity index (χ4n) is 2.65. The minimum atomic E-state index is -0.966. The second-order valence-corrected chi connectivity index (χ2v) is 6.04. The second-order valence-electron chi connectivity index (χ2n) is 6.04. The molecule has 0 unspecified atom stereocenters. The Morgan fingerprint density at radius 2 is 1.91 bits per heavy atom. The molecule has 5 heteroatoms. The zero-order chi connectivity index (χ0) is 16.5. The van der Waals surface area contributed by atoms with Crippen molar-refractivity contribution in [3.63, 3.8) is 0 Å². The van der Waals surface area contributed by atoms with Gasteiger partial charge >= 0.3 is 0 Å². The Morgan fingerprint density at radius 1 is 1.27 bits per heavy atom. The highest BCUT2D eigenvalue weighted by molar-refractivity contribution is 6.05. The quantitative estimate of drug-likeness (QED) is 0.858. The molecular weight excluding hydrogens is 280 g/mol. The van der Waals surface area contributed by atoms with Crippen LogP contribution in [0.5, 0.6) is 5.75 Å². The van der Waals surface area contributed by atoms with Gasteiger partial charge in [0.15, 0.2) is 5.60 Å². The van der Waals surface area contributed by atoms with E-state index in [1.807, 2.05) is 39.0 Å². The van der Waals surface area contributed by atoms with Gasteiger partial charge in [0.25, 0.3) is 5.91 Å². The molecule has 0 saturated carbocycles. The second kappa shape index (κ2) is 5.99. The average molecular weight is 304 g/mol. The number of carbonyl (C=O) groups excluding carboxylic acids is 2. The maximum absolute atomic E-state index is 12.7. The molecule has 1 aromatic carbocycles. The van der Waals surface area contributed by atoms with Gasteiger partial charge in [0, 0.05) is 13.1 Å². The molecule has 22 heavy (non-hydrogen) atoms. The van der Waals surface area contributed by atoms with E-state index in [0.29, 0.717) is 24.5 Å². The molecule has 0 N–H and O–H groups in total. The lowest BCUT2D eigenvalue weighted by atomic mass is 10.0. The van der Waals surface area contributed by atoms with Gasteiger partial charge in [0.1, 0.15) is 12.3 Å². The van der Waals surface area contributed by atoms with Gasteiger partial charge < -0.3 is 9.64 Å². The van der Waals surface area contributed by atoms with Crippen LogP contribution in [0.15, 0.2) is 18.2 Å². The van der Waals surface area contributed by atoms with Crippen LogP contribution in [0.25, 0.3) is 0 Å².